The van der Waals surface area contributed by atoms with Crippen molar-refractivity contribution in [1.82, 2.24) is 4.90 Å². The van der Waals surface area contributed by atoms with E-state index in [1.54, 1.807) is 6.07 Å². The molecule has 1 saturated carbocycles. The monoisotopic (exact) mass is 279 g/mol. The topological polar surface area (TPSA) is 52.9 Å². The normalized spacial score (nSPS) is 17.6. The molecule has 112 valence electrons. The molecule has 0 spiro atoms. The van der Waals surface area contributed by atoms with Crippen molar-refractivity contribution in [3.05, 3.63) is 23.8 Å². The maximum Gasteiger partial charge on any atom is 0.162 e. The number of phenols is 1. The van der Waals surface area contributed by atoms with Gasteiger partial charge in [-0.25, -0.2) is 0 Å². The van der Waals surface area contributed by atoms with Crippen molar-refractivity contribution in [3.63, 3.8) is 0 Å². The molecule has 2 N–H and O–H groups in total. The Morgan fingerprint density at radius 3 is 2.65 bits per heavy atom. The van der Waals surface area contributed by atoms with Crippen LogP contribution in [-0.2, 0) is 6.54 Å². The van der Waals surface area contributed by atoms with Gasteiger partial charge in [-0.15, -0.1) is 0 Å². The predicted octanol–water partition coefficient (Wildman–Crippen LogP) is 2.53. The van der Waals surface area contributed by atoms with E-state index in [2.05, 4.69) is 4.90 Å². The first-order valence-electron chi connectivity index (χ1n) is 7.39. The number of rotatable bonds is 6. The van der Waals surface area contributed by atoms with Crippen molar-refractivity contribution in [1.29, 1.82) is 0 Å². The van der Waals surface area contributed by atoms with E-state index in [1.165, 1.54) is 0 Å². The van der Waals surface area contributed by atoms with Crippen molar-refractivity contribution in [2.24, 2.45) is 0 Å². The van der Waals surface area contributed by atoms with Crippen LogP contribution in [0.4, 0.5) is 0 Å². The largest absolute Gasteiger partial charge is 0.504 e. The summed E-state index contributed by atoms with van der Waals surface area (Å²) in [5.41, 5.74) is 0.280. The lowest BCUT2D eigenvalue weighted by Crippen LogP contribution is -2.38. The molecule has 0 aromatic heterocycles. The highest BCUT2D eigenvalue weighted by Gasteiger charge is 2.32. The van der Waals surface area contributed by atoms with Crippen LogP contribution in [0.25, 0.3) is 0 Å². The van der Waals surface area contributed by atoms with Crippen LogP contribution in [0.15, 0.2) is 18.2 Å². The van der Waals surface area contributed by atoms with Gasteiger partial charge in [0.15, 0.2) is 11.5 Å². The highest BCUT2D eigenvalue weighted by Crippen LogP contribution is 2.33. The van der Waals surface area contributed by atoms with Crippen molar-refractivity contribution in [2.45, 2.75) is 44.8 Å². The summed E-state index contributed by atoms with van der Waals surface area (Å²) in [5, 5.41) is 20.6. The van der Waals surface area contributed by atoms with Gasteiger partial charge < -0.3 is 14.9 Å². The van der Waals surface area contributed by atoms with Gasteiger partial charge in [-0.3, -0.25) is 4.90 Å². The Balaban J connectivity index is 2.00. The van der Waals surface area contributed by atoms with Crippen LogP contribution in [0.3, 0.4) is 0 Å². The molecule has 0 amide bonds. The Bertz CT molecular complexity index is 441. The summed E-state index contributed by atoms with van der Waals surface area (Å²) >= 11 is 0. The number of nitrogens with zero attached hydrogens (tertiary/aromatic N) is 1. The summed E-state index contributed by atoms with van der Waals surface area (Å²) in [7, 11) is 1.98. The molecule has 1 aromatic carbocycles. The fourth-order valence-corrected chi connectivity index (χ4v) is 3.01. The Hall–Kier alpha value is -1.26. The molecule has 0 heterocycles. The number of benzene rings is 1. The quantitative estimate of drug-likeness (QED) is 0.840. The van der Waals surface area contributed by atoms with Crippen molar-refractivity contribution >= 4 is 0 Å². The first-order chi connectivity index (χ1) is 9.54. The lowest BCUT2D eigenvalue weighted by atomic mass is 10.0. The third-order valence-electron chi connectivity index (χ3n) is 3.92. The molecule has 0 saturated heterocycles. The first-order valence-corrected chi connectivity index (χ1v) is 7.39. The second-order valence-corrected chi connectivity index (χ2v) is 5.80. The molecule has 2 rings (SSSR count). The standard InChI is InChI=1S/C16H25NO3/c1-3-20-14-8-6-7-13(15(14)18)11-17(2)12-16(19)9-4-5-10-16/h6-8,18-19H,3-5,9-12H2,1-2H3. The molecule has 1 aliphatic carbocycles. The number of ether oxygens (including phenoxy) is 1. The number of hydrogen-bond donors (Lipinski definition) is 2. The molecular formula is C16H25NO3. The third kappa shape index (κ3) is 3.64. The molecule has 0 radical (unpaired) electrons. The summed E-state index contributed by atoms with van der Waals surface area (Å²) in [6, 6.07) is 5.55. The van der Waals surface area contributed by atoms with E-state index in [1.807, 2.05) is 26.1 Å². The van der Waals surface area contributed by atoms with Crippen LogP contribution in [0, 0.1) is 0 Å². The molecule has 20 heavy (non-hydrogen) atoms. The van der Waals surface area contributed by atoms with E-state index in [0.717, 1.165) is 31.2 Å². The maximum atomic E-state index is 10.4. The van der Waals surface area contributed by atoms with Crippen LogP contribution < -0.4 is 4.74 Å². The summed E-state index contributed by atoms with van der Waals surface area (Å²) in [6.45, 7) is 3.68. The van der Waals surface area contributed by atoms with Gasteiger partial charge >= 0.3 is 0 Å². The van der Waals surface area contributed by atoms with E-state index in [-0.39, 0.29) is 5.75 Å². The van der Waals surface area contributed by atoms with E-state index in [9.17, 15) is 10.2 Å². The van der Waals surface area contributed by atoms with E-state index >= 15 is 0 Å². The van der Waals surface area contributed by atoms with Gasteiger partial charge in [0.2, 0.25) is 0 Å². The number of aliphatic hydroxyl groups is 1. The SMILES string of the molecule is CCOc1cccc(CN(C)CC2(O)CCCC2)c1O. The Labute approximate surface area is 121 Å². The summed E-state index contributed by atoms with van der Waals surface area (Å²) in [5.74, 6) is 0.734. The zero-order valence-corrected chi connectivity index (χ0v) is 12.4. The number of phenolic OH excluding ortho intramolecular Hbond substituents is 1. The zero-order chi connectivity index (χ0) is 14.6. The molecule has 0 atom stereocenters. The number of aromatic hydroxyl groups is 1. The zero-order valence-electron chi connectivity index (χ0n) is 12.4. The van der Waals surface area contributed by atoms with Crippen LogP contribution in [-0.4, -0.2) is 40.9 Å². The molecule has 1 fully saturated rings. The Morgan fingerprint density at radius 1 is 1.30 bits per heavy atom. The van der Waals surface area contributed by atoms with Crippen LogP contribution in [0.2, 0.25) is 0 Å². The van der Waals surface area contributed by atoms with Crippen LogP contribution in [0.5, 0.6) is 11.5 Å². The third-order valence-corrected chi connectivity index (χ3v) is 3.92. The van der Waals surface area contributed by atoms with Crippen molar-refractivity contribution in [2.75, 3.05) is 20.2 Å². The molecule has 0 unspecified atom stereocenters. The van der Waals surface area contributed by atoms with Gasteiger partial charge in [0.1, 0.15) is 0 Å². The minimum absolute atomic E-state index is 0.208. The molecule has 4 nitrogen and oxygen atoms in total. The number of para-hydroxylation sites is 1. The number of hydrogen-bond acceptors (Lipinski definition) is 4. The van der Waals surface area contributed by atoms with Gasteiger partial charge in [0, 0.05) is 18.7 Å². The van der Waals surface area contributed by atoms with Crippen LogP contribution >= 0.6 is 0 Å². The van der Waals surface area contributed by atoms with Crippen molar-refractivity contribution in [3.8, 4) is 11.5 Å². The molecule has 4 heteroatoms. The summed E-state index contributed by atoms with van der Waals surface area (Å²) < 4.78 is 5.39. The lowest BCUT2D eigenvalue weighted by Gasteiger charge is -2.28. The average molecular weight is 279 g/mol. The minimum Gasteiger partial charge on any atom is -0.504 e. The lowest BCUT2D eigenvalue weighted by molar-refractivity contribution is 0.0143. The molecular weight excluding hydrogens is 254 g/mol. The van der Waals surface area contributed by atoms with Gasteiger partial charge in [-0.2, -0.15) is 0 Å². The second kappa shape index (κ2) is 6.46. The summed E-state index contributed by atoms with van der Waals surface area (Å²) in [6.07, 6.45) is 3.97. The fourth-order valence-electron chi connectivity index (χ4n) is 3.01. The molecule has 0 bridgehead atoms. The maximum absolute atomic E-state index is 10.4. The van der Waals surface area contributed by atoms with Gasteiger partial charge in [-0.05, 0) is 32.9 Å². The smallest absolute Gasteiger partial charge is 0.162 e. The Morgan fingerprint density at radius 2 is 2.00 bits per heavy atom. The number of likely N-dealkylation sites (N-methyl/N-ethyl adjacent to an activating group) is 1. The van der Waals surface area contributed by atoms with Crippen LogP contribution in [0.1, 0.15) is 38.2 Å². The Kier molecular flexibility index (Phi) is 4.89. The highest BCUT2D eigenvalue weighted by molar-refractivity contribution is 5.45. The van der Waals surface area contributed by atoms with E-state index in [4.69, 9.17) is 4.74 Å². The fraction of sp³-hybridized carbons (Fsp3) is 0.625. The molecule has 1 aromatic rings. The average Bonchev–Trinajstić information content (AvgIpc) is 2.81. The van der Waals surface area contributed by atoms with Gasteiger partial charge in [0.25, 0.3) is 0 Å². The van der Waals surface area contributed by atoms with Gasteiger partial charge in [0.05, 0.1) is 12.2 Å². The first kappa shape index (κ1) is 15.1. The van der Waals surface area contributed by atoms with E-state index in [0.29, 0.717) is 25.4 Å². The highest BCUT2D eigenvalue weighted by atomic mass is 16.5. The predicted molar refractivity (Wildman–Crippen MR) is 79.0 cm³/mol. The van der Waals surface area contributed by atoms with Crippen molar-refractivity contribution < 1.29 is 14.9 Å². The second-order valence-electron chi connectivity index (χ2n) is 5.80. The van der Waals surface area contributed by atoms with E-state index < -0.39 is 5.60 Å². The molecule has 0 aliphatic heterocycles. The molecule has 1 aliphatic rings. The minimum atomic E-state index is -0.554. The summed E-state index contributed by atoms with van der Waals surface area (Å²) in [4.78, 5) is 2.07. The van der Waals surface area contributed by atoms with Gasteiger partial charge in [-0.1, -0.05) is 25.0 Å².